The summed E-state index contributed by atoms with van der Waals surface area (Å²) < 4.78 is 0. The van der Waals surface area contributed by atoms with Gasteiger partial charge in [-0.3, -0.25) is 9.59 Å². The molecule has 0 aromatic heterocycles. The molecule has 0 radical (unpaired) electrons. The number of aryl methyl sites for hydroxylation is 1. The molecule has 1 aromatic carbocycles. The second-order valence-electron chi connectivity index (χ2n) is 10.4. The number of carboxylic acids is 3. The molecule has 1 rings (SSSR count). The first-order valence-electron chi connectivity index (χ1n) is 14.7. The van der Waals surface area contributed by atoms with Crippen molar-refractivity contribution in [3.8, 4) is 0 Å². The highest BCUT2D eigenvalue weighted by Crippen LogP contribution is 2.22. The number of unbranched alkanes of at least 4 members (excludes halogenated alkanes) is 16. The Kier molecular flexibility index (Phi) is 19.1. The van der Waals surface area contributed by atoms with Crippen LogP contribution in [-0.4, -0.2) is 33.2 Å². The van der Waals surface area contributed by atoms with Gasteiger partial charge in [0.25, 0.3) is 0 Å². The summed E-state index contributed by atoms with van der Waals surface area (Å²) in [6.45, 7) is 0. The molecule has 3 N–H and O–H groups in total. The fourth-order valence-corrected chi connectivity index (χ4v) is 5.01. The van der Waals surface area contributed by atoms with Crippen LogP contribution < -0.4 is 0 Å². The highest BCUT2D eigenvalue weighted by Gasteiger charge is 2.13. The fraction of sp³-hybridized carbons (Fsp3) is 0.710. The molecule has 0 bridgehead atoms. The highest BCUT2D eigenvalue weighted by atomic mass is 16.4. The maximum atomic E-state index is 11.8. The van der Waals surface area contributed by atoms with Gasteiger partial charge < -0.3 is 15.3 Å². The molecule has 0 atom stereocenters. The zero-order valence-electron chi connectivity index (χ0n) is 22.9. The number of hydrogen-bond donors (Lipinski definition) is 3. The van der Waals surface area contributed by atoms with Crippen molar-refractivity contribution in [2.24, 2.45) is 0 Å². The normalized spacial score (nSPS) is 11.0. The van der Waals surface area contributed by atoms with Crippen LogP contribution in [0.3, 0.4) is 0 Å². The minimum absolute atomic E-state index is 0.276. The van der Waals surface area contributed by atoms with Crippen molar-refractivity contribution in [2.75, 3.05) is 0 Å². The molecule has 37 heavy (non-hydrogen) atoms. The van der Waals surface area contributed by atoms with Crippen LogP contribution in [0.5, 0.6) is 0 Å². The summed E-state index contributed by atoms with van der Waals surface area (Å²) in [6.07, 6.45) is 22.0. The first-order chi connectivity index (χ1) is 17.9. The smallest absolute Gasteiger partial charge is 0.335 e. The van der Waals surface area contributed by atoms with Crippen LogP contribution in [0.2, 0.25) is 0 Å². The quantitative estimate of drug-likeness (QED) is 0.112. The first-order valence-corrected chi connectivity index (χ1v) is 14.7. The molecular weight excluding hydrogens is 468 g/mol. The molecule has 0 saturated carbocycles. The van der Waals surface area contributed by atoms with Crippen LogP contribution >= 0.6 is 0 Å². The van der Waals surface area contributed by atoms with E-state index >= 15 is 0 Å². The summed E-state index contributed by atoms with van der Waals surface area (Å²) in [5, 5.41) is 27.0. The molecule has 0 aliphatic carbocycles. The molecule has 0 unspecified atom stereocenters. The number of benzene rings is 1. The van der Waals surface area contributed by atoms with E-state index in [9.17, 15) is 19.5 Å². The third kappa shape index (κ3) is 17.7. The molecular formula is C31H50O6. The van der Waals surface area contributed by atoms with Crippen molar-refractivity contribution in [1.29, 1.82) is 0 Å². The average Bonchev–Trinajstić information content (AvgIpc) is 2.85. The minimum atomic E-state index is -0.830. The summed E-state index contributed by atoms with van der Waals surface area (Å²) in [7, 11) is 0. The van der Waals surface area contributed by atoms with Gasteiger partial charge in [-0.2, -0.15) is 0 Å². The van der Waals surface area contributed by atoms with Gasteiger partial charge in [-0.15, -0.1) is 0 Å². The lowest BCUT2D eigenvalue weighted by molar-refractivity contribution is -0.138. The van der Waals surface area contributed by atoms with E-state index in [1.807, 2.05) is 6.07 Å². The standard InChI is InChI=1S/C31H50O6/c32-29(33)24-17-13-9-5-1-3-7-11-15-20-26-21-19-23-28(31(36)37)27(26)22-16-12-8-4-2-6-10-14-18-25-30(34)35/h19,21,23H,1-18,20,22,24-25H2,(H,32,33)(H,34,35)(H,36,37). The molecule has 0 aliphatic heterocycles. The maximum Gasteiger partial charge on any atom is 0.335 e. The minimum Gasteiger partial charge on any atom is -0.481 e. The van der Waals surface area contributed by atoms with E-state index in [1.54, 1.807) is 6.07 Å². The molecule has 6 heteroatoms. The zero-order valence-corrected chi connectivity index (χ0v) is 22.9. The van der Waals surface area contributed by atoms with E-state index < -0.39 is 17.9 Å². The summed E-state index contributed by atoms with van der Waals surface area (Å²) in [6, 6.07) is 5.72. The Morgan fingerprint density at radius 1 is 0.486 bits per heavy atom. The lowest BCUT2D eigenvalue weighted by Crippen LogP contribution is -2.06. The summed E-state index contributed by atoms with van der Waals surface area (Å²) in [5.74, 6) is -2.24. The van der Waals surface area contributed by atoms with Crippen LogP contribution in [-0.2, 0) is 22.4 Å². The van der Waals surface area contributed by atoms with E-state index in [0.717, 1.165) is 82.6 Å². The second-order valence-corrected chi connectivity index (χ2v) is 10.4. The maximum absolute atomic E-state index is 11.8. The topological polar surface area (TPSA) is 112 Å². The van der Waals surface area contributed by atoms with Crippen LogP contribution in [0.4, 0.5) is 0 Å². The Labute approximate surface area is 223 Å². The van der Waals surface area contributed by atoms with Crippen molar-refractivity contribution >= 4 is 17.9 Å². The highest BCUT2D eigenvalue weighted by molar-refractivity contribution is 5.89. The first kappa shape index (κ1) is 32.7. The van der Waals surface area contributed by atoms with Crippen LogP contribution in [0.1, 0.15) is 150 Å². The molecule has 0 saturated heterocycles. The number of hydrogen-bond acceptors (Lipinski definition) is 3. The molecule has 6 nitrogen and oxygen atoms in total. The van der Waals surface area contributed by atoms with Gasteiger partial charge in [0.2, 0.25) is 0 Å². The Bertz CT molecular complexity index is 773. The lowest BCUT2D eigenvalue weighted by Gasteiger charge is -2.13. The number of rotatable bonds is 25. The summed E-state index contributed by atoms with van der Waals surface area (Å²) in [5.41, 5.74) is 2.68. The monoisotopic (exact) mass is 518 g/mol. The molecule has 210 valence electrons. The van der Waals surface area contributed by atoms with Gasteiger partial charge in [0.1, 0.15) is 0 Å². The van der Waals surface area contributed by atoms with Crippen molar-refractivity contribution in [2.45, 2.75) is 141 Å². The molecule has 0 aliphatic rings. The van der Waals surface area contributed by atoms with Gasteiger partial charge in [-0.25, -0.2) is 4.79 Å². The Morgan fingerprint density at radius 2 is 0.865 bits per heavy atom. The van der Waals surface area contributed by atoms with Gasteiger partial charge in [0.15, 0.2) is 0 Å². The van der Waals surface area contributed by atoms with Gasteiger partial charge in [0.05, 0.1) is 5.56 Å². The van der Waals surface area contributed by atoms with E-state index in [2.05, 4.69) is 6.07 Å². The SMILES string of the molecule is O=C(O)CCCCCCCCCCCc1cccc(C(=O)O)c1CCCCCCCCCCCC(=O)O. The predicted octanol–water partition coefficient (Wildman–Crippen LogP) is 8.44. The van der Waals surface area contributed by atoms with Gasteiger partial charge in [-0.05, 0) is 55.7 Å². The third-order valence-corrected chi connectivity index (χ3v) is 7.16. The molecule has 0 spiro atoms. The largest absolute Gasteiger partial charge is 0.481 e. The second kappa shape index (κ2) is 21.7. The fourth-order valence-electron chi connectivity index (χ4n) is 5.01. The lowest BCUT2D eigenvalue weighted by atomic mass is 9.92. The number of aliphatic carboxylic acids is 2. The van der Waals surface area contributed by atoms with E-state index in [1.165, 1.54) is 56.9 Å². The van der Waals surface area contributed by atoms with Crippen LogP contribution in [0, 0.1) is 0 Å². The van der Waals surface area contributed by atoms with E-state index in [-0.39, 0.29) is 12.8 Å². The molecule has 0 fully saturated rings. The van der Waals surface area contributed by atoms with Crippen LogP contribution in [0.15, 0.2) is 18.2 Å². The number of aromatic carboxylic acids is 1. The Morgan fingerprint density at radius 3 is 1.27 bits per heavy atom. The van der Waals surface area contributed by atoms with Crippen LogP contribution in [0.25, 0.3) is 0 Å². The molecule has 0 heterocycles. The molecule has 1 aromatic rings. The van der Waals surface area contributed by atoms with E-state index in [0.29, 0.717) is 5.56 Å². The third-order valence-electron chi connectivity index (χ3n) is 7.16. The summed E-state index contributed by atoms with van der Waals surface area (Å²) >= 11 is 0. The predicted molar refractivity (Wildman–Crippen MR) is 148 cm³/mol. The van der Waals surface area contributed by atoms with Gasteiger partial charge in [0, 0.05) is 12.8 Å². The number of carbonyl (C=O) groups is 3. The van der Waals surface area contributed by atoms with Crippen molar-refractivity contribution in [1.82, 2.24) is 0 Å². The molecule has 0 amide bonds. The average molecular weight is 519 g/mol. The Balaban J connectivity index is 2.23. The van der Waals surface area contributed by atoms with Crippen molar-refractivity contribution in [3.63, 3.8) is 0 Å². The number of carboxylic acid groups (broad SMARTS) is 3. The zero-order chi connectivity index (χ0) is 27.1. The van der Waals surface area contributed by atoms with Crippen molar-refractivity contribution < 1.29 is 29.7 Å². The Hall–Kier alpha value is -2.37. The van der Waals surface area contributed by atoms with Gasteiger partial charge in [-0.1, -0.05) is 102 Å². The summed E-state index contributed by atoms with van der Waals surface area (Å²) in [4.78, 5) is 32.8. The van der Waals surface area contributed by atoms with E-state index in [4.69, 9.17) is 10.2 Å². The van der Waals surface area contributed by atoms with Gasteiger partial charge >= 0.3 is 17.9 Å². The van der Waals surface area contributed by atoms with Crippen molar-refractivity contribution in [3.05, 3.63) is 34.9 Å².